The molecule has 0 radical (unpaired) electrons. The van der Waals surface area contributed by atoms with Gasteiger partial charge in [-0.1, -0.05) is 5.16 Å². The first-order valence-electron chi connectivity index (χ1n) is 5.93. The standard InChI is InChI=1S/C13H15N3O4/c1-8-15-12(16-20-8)7-14-13(17)10-5-4-9(18-2)6-11(10)19-3/h4-6H,7H2,1-3H3,(H,14,17). The number of rotatable bonds is 5. The van der Waals surface area contributed by atoms with Crippen LogP contribution < -0.4 is 14.8 Å². The van der Waals surface area contributed by atoms with E-state index >= 15 is 0 Å². The molecule has 0 unspecified atom stereocenters. The lowest BCUT2D eigenvalue weighted by molar-refractivity contribution is 0.0946. The van der Waals surface area contributed by atoms with Crippen molar-refractivity contribution in [3.8, 4) is 11.5 Å². The molecule has 7 heteroatoms. The number of carbonyl (C=O) groups is 1. The number of benzene rings is 1. The van der Waals surface area contributed by atoms with E-state index in [1.807, 2.05) is 0 Å². The van der Waals surface area contributed by atoms with Crippen LogP contribution in [-0.4, -0.2) is 30.3 Å². The van der Waals surface area contributed by atoms with Crippen LogP contribution in [0.2, 0.25) is 0 Å². The minimum Gasteiger partial charge on any atom is -0.497 e. The first kappa shape index (κ1) is 13.9. The van der Waals surface area contributed by atoms with Gasteiger partial charge in [0.15, 0.2) is 5.82 Å². The van der Waals surface area contributed by atoms with E-state index in [1.54, 1.807) is 32.2 Å². The lowest BCUT2D eigenvalue weighted by Gasteiger charge is -2.09. The number of hydrogen-bond donors (Lipinski definition) is 1. The summed E-state index contributed by atoms with van der Waals surface area (Å²) in [5.74, 6) is 1.64. The molecule has 1 heterocycles. The second kappa shape index (κ2) is 6.05. The van der Waals surface area contributed by atoms with Gasteiger partial charge in [0.2, 0.25) is 5.89 Å². The van der Waals surface area contributed by atoms with Crippen molar-refractivity contribution in [3.05, 3.63) is 35.5 Å². The van der Waals surface area contributed by atoms with Gasteiger partial charge in [0, 0.05) is 13.0 Å². The number of aryl methyl sites for hydroxylation is 1. The summed E-state index contributed by atoms with van der Waals surface area (Å²) in [7, 11) is 3.04. The van der Waals surface area contributed by atoms with E-state index in [2.05, 4.69) is 15.5 Å². The zero-order valence-electron chi connectivity index (χ0n) is 11.5. The molecule has 1 amide bonds. The topological polar surface area (TPSA) is 86.5 Å². The number of aromatic nitrogens is 2. The maximum Gasteiger partial charge on any atom is 0.255 e. The van der Waals surface area contributed by atoms with Crippen LogP contribution in [0.1, 0.15) is 22.1 Å². The second-order valence-corrected chi connectivity index (χ2v) is 3.98. The van der Waals surface area contributed by atoms with E-state index in [0.29, 0.717) is 28.8 Å². The molecule has 0 aliphatic heterocycles. The lowest BCUT2D eigenvalue weighted by Crippen LogP contribution is -2.24. The first-order valence-corrected chi connectivity index (χ1v) is 5.93. The number of carbonyl (C=O) groups excluding carboxylic acids is 1. The van der Waals surface area contributed by atoms with Gasteiger partial charge in [-0.3, -0.25) is 4.79 Å². The van der Waals surface area contributed by atoms with Crippen LogP contribution in [0, 0.1) is 6.92 Å². The van der Waals surface area contributed by atoms with Gasteiger partial charge in [0.1, 0.15) is 11.5 Å². The quantitative estimate of drug-likeness (QED) is 0.887. The molecule has 1 aromatic heterocycles. The summed E-state index contributed by atoms with van der Waals surface area (Å²) >= 11 is 0. The van der Waals surface area contributed by atoms with E-state index in [4.69, 9.17) is 14.0 Å². The molecular weight excluding hydrogens is 262 g/mol. The summed E-state index contributed by atoms with van der Waals surface area (Å²) in [6, 6.07) is 4.97. The molecule has 0 saturated carbocycles. The summed E-state index contributed by atoms with van der Waals surface area (Å²) < 4.78 is 15.1. The molecule has 0 saturated heterocycles. The number of amides is 1. The molecule has 20 heavy (non-hydrogen) atoms. The molecule has 0 fully saturated rings. The predicted molar refractivity (Wildman–Crippen MR) is 69.8 cm³/mol. The molecule has 2 rings (SSSR count). The molecular formula is C13H15N3O4. The molecule has 7 nitrogen and oxygen atoms in total. The van der Waals surface area contributed by atoms with Crippen molar-refractivity contribution in [2.75, 3.05) is 14.2 Å². The van der Waals surface area contributed by atoms with Crippen LogP contribution in [0.5, 0.6) is 11.5 Å². The second-order valence-electron chi connectivity index (χ2n) is 3.98. The number of ether oxygens (including phenoxy) is 2. The maximum absolute atomic E-state index is 12.1. The fraction of sp³-hybridized carbons (Fsp3) is 0.308. The molecule has 1 N–H and O–H groups in total. The van der Waals surface area contributed by atoms with Crippen LogP contribution >= 0.6 is 0 Å². The zero-order chi connectivity index (χ0) is 14.5. The van der Waals surface area contributed by atoms with Gasteiger partial charge in [-0.25, -0.2) is 0 Å². The van der Waals surface area contributed by atoms with Gasteiger partial charge >= 0.3 is 0 Å². The van der Waals surface area contributed by atoms with Crippen molar-refractivity contribution in [2.24, 2.45) is 0 Å². The molecule has 0 atom stereocenters. The average Bonchev–Trinajstić information content (AvgIpc) is 2.89. The molecule has 1 aromatic carbocycles. The van der Waals surface area contributed by atoms with Gasteiger partial charge in [0.25, 0.3) is 5.91 Å². The first-order chi connectivity index (χ1) is 9.63. The number of methoxy groups -OCH3 is 2. The average molecular weight is 277 g/mol. The van der Waals surface area contributed by atoms with E-state index in [1.165, 1.54) is 7.11 Å². The highest BCUT2D eigenvalue weighted by Crippen LogP contribution is 2.24. The molecule has 0 bridgehead atoms. The minimum absolute atomic E-state index is 0.186. The predicted octanol–water partition coefficient (Wildman–Crippen LogP) is 1.33. The van der Waals surface area contributed by atoms with E-state index < -0.39 is 0 Å². The van der Waals surface area contributed by atoms with E-state index in [-0.39, 0.29) is 12.5 Å². The summed E-state index contributed by atoms with van der Waals surface area (Å²) in [6.07, 6.45) is 0. The Bertz CT molecular complexity index is 609. The van der Waals surface area contributed by atoms with Crippen molar-refractivity contribution in [2.45, 2.75) is 13.5 Å². The van der Waals surface area contributed by atoms with E-state index in [9.17, 15) is 4.79 Å². The monoisotopic (exact) mass is 277 g/mol. The Kier molecular flexibility index (Phi) is 4.19. The molecule has 0 aliphatic rings. The lowest BCUT2D eigenvalue weighted by atomic mass is 10.1. The van der Waals surface area contributed by atoms with Crippen LogP contribution in [0.4, 0.5) is 0 Å². The van der Waals surface area contributed by atoms with Gasteiger partial charge in [0.05, 0.1) is 26.3 Å². The Hall–Kier alpha value is -2.57. The minimum atomic E-state index is -0.285. The van der Waals surface area contributed by atoms with Crippen molar-refractivity contribution in [1.82, 2.24) is 15.5 Å². The Morgan fingerprint density at radius 3 is 2.75 bits per heavy atom. The van der Waals surface area contributed by atoms with E-state index in [0.717, 1.165) is 0 Å². The third kappa shape index (κ3) is 3.05. The number of nitrogens with one attached hydrogen (secondary N) is 1. The van der Waals surface area contributed by atoms with Crippen molar-refractivity contribution in [3.63, 3.8) is 0 Å². The molecule has 2 aromatic rings. The third-order valence-corrected chi connectivity index (χ3v) is 2.63. The third-order valence-electron chi connectivity index (χ3n) is 2.63. The maximum atomic E-state index is 12.1. The number of nitrogens with zero attached hydrogens (tertiary/aromatic N) is 2. The Balaban J connectivity index is 2.08. The smallest absolute Gasteiger partial charge is 0.255 e. The van der Waals surface area contributed by atoms with Crippen molar-refractivity contribution < 1.29 is 18.8 Å². The summed E-state index contributed by atoms with van der Waals surface area (Å²) in [4.78, 5) is 16.1. The van der Waals surface area contributed by atoms with Crippen molar-refractivity contribution >= 4 is 5.91 Å². The van der Waals surface area contributed by atoms with Gasteiger partial charge in [-0.2, -0.15) is 4.98 Å². The largest absolute Gasteiger partial charge is 0.497 e. The zero-order valence-corrected chi connectivity index (χ0v) is 11.5. The Morgan fingerprint density at radius 1 is 1.35 bits per heavy atom. The SMILES string of the molecule is COc1ccc(C(=O)NCc2noc(C)n2)c(OC)c1. The van der Waals surface area contributed by atoms with Gasteiger partial charge in [-0.15, -0.1) is 0 Å². The van der Waals surface area contributed by atoms with Gasteiger partial charge in [-0.05, 0) is 12.1 Å². The Labute approximate surface area is 115 Å². The normalized spacial score (nSPS) is 10.2. The van der Waals surface area contributed by atoms with Crippen LogP contribution in [-0.2, 0) is 6.54 Å². The highest BCUT2D eigenvalue weighted by molar-refractivity contribution is 5.97. The van der Waals surface area contributed by atoms with Crippen molar-refractivity contribution in [1.29, 1.82) is 0 Å². The highest BCUT2D eigenvalue weighted by Gasteiger charge is 2.14. The van der Waals surface area contributed by atoms with Crippen LogP contribution in [0.3, 0.4) is 0 Å². The number of hydrogen-bond acceptors (Lipinski definition) is 6. The van der Waals surface area contributed by atoms with Crippen LogP contribution in [0.15, 0.2) is 22.7 Å². The highest BCUT2D eigenvalue weighted by atomic mass is 16.5. The summed E-state index contributed by atoms with van der Waals surface area (Å²) in [5, 5.41) is 6.40. The molecule has 106 valence electrons. The Morgan fingerprint density at radius 2 is 2.15 bits per heavy atom. The molecule has 0 aliphatic carbocycles. The fourth-order valence-corrected chi connectivity index (χ4v) is 1.65. The van der Waals surface area contributed by atoms with Crippen LogP contribution in [0.25, 0.3) is 0 Å². The fourth-order valence-electron chi connectivity index (χ4n) is 1.65. The van der Waals surface area contributed by atoms with Gasteiger partial charge < -0.3 is 19.3 Å². The molecule has 0 spiro atoms. The summed E-state index contributed by atoms with van der Waals surface area (Å²) in [6.45, 7) is 1.87. The summed E-state index contributed by atoms with van der Waals surface area (Å²) in [5.41, 5.74) is 0.411.